The third-order valence-electron chi connectivity index (χ3n) is 11.8. The number of carbonyl (C=O) groups excluding carboxylic acids is 11. The van der Waals surface area contributed by atoms with Crippen LogP contribution in [0.3, 0.4) is 0 Å². The number of carboxylic acids is 1. The Kier molecular flexibility index (Phi) is 29.7. The van der Waals surface area contributed by atoms with E-state index in [-0.39, 0.29) is 55.9 Å². The van der Waals surface area contributed by atoms with Crippen molar-refractivity contribution in [1.29, 1.82) is 0 Å². The van der Waals surface area contributed by atoms with E-state index in [1.807, 2.05) is 13.8 Å². The SMILES string of the molecule is CC(C)C[C@H](NC(=O)[C@H](C)NC(=O)CNC(=O)[C@H](CC(C)C)NC(=O)[C@H](Cc1ccccc1)NC(=O)CNC(=O)[C@H](CC(C)C)NC(=O)[C@@H](NC(=O)[C@H](C)NC(=O)[C@@H](NC(=O)CN)C(C)C)C(C)C)C(=O)N[C@@H](C)C(=O)O. The van der Waals surface area contributed by atoms with Gasteiger partial charge in [0.2, 0.25) is 65.0 Å². The zero-order chi connectivity index (χ0) is 58.9. The van der Waals surface area contributed by atoms with Crippen LogP contribution in [0.2, 0.25) is 0 Å². The first kappa shape index (κ1) is 67.8. The van der Waals surface area contributed by atoms with Crippen molar-refractivity contribution in [2.45, 2.75) is 170 Å². The third kappa shape index (κ3) is 25.9. The highest BCUT2D eigenvalue weighted by atomic mass is 16.4. The summed E-state index contributed by atoms with van der Waals surface area (Å²) < 4.78 is 0. The molecule has 0 radical (unpaired) electrons. The molecular formula is C52H86N12O13. The summed E-state index contributed by atoms with van der Waals surface area (Å²) in [7, 11) is 0. The topological polar surface area (TPSA) is 383 Å². The number of nitrogens with two attached hydrogens (primary N) is 1. The second kappa shape index (κ2) is 33.8. The zero-order valence-electron chi connectivity index (χ0n) is 46.8. The largest absolute Gasteiger partial charge is 0.480 e. The molecule has 25 heteroatoms. The van der Waals surface area contributed by atoms with E-state index in [1.165, 1.54) is 20.8 Å². The second-order valence-electron chi connectivity index (χ2n) is 21.1. The highest BCUT2D eigenvalue weighted by Gasteiger charge is 2.34. The second-order valence-corrected chi connectivity index (χ2v) is 21.1. The van der Waals surface area contributed by atoms with Gasteiger partial charge in [-0.15, -0.1) is 0 Å². The molecule has 0 unspecified atom stereocenters. The number of carboxylic acid groups (broad SMARTS) is 1. The van der Waals surface area contributed by atoms with Gasteiger partial charge in [0, 0.05) is 6.42 Å². The first-order valence-corrected chi connectivity index (χ1v) is 26.1. The standard InChI is InChI=1S/C52H86N12O13/c1-26(2)19-35(46(70)54-24-40(66)56-31(11)44(68)60-37(21-28(5)6)48(72)58-33(13)52(76)77)61-49(73)38(22-34-17-15-14-16-18-34)59-41(67)25-55-47(71)36(20-27(3)4)62-51(75)43(30(9)10)64-45(69)32(12)57-50(74)42(29(7)8)63-39(65)23-53/h14-18,26-33,35-38,42-43H,19-25,53H2,1-13H3,(H,54,70)(H,55,71)(H,56,66)(H,57,74)(H,58,72)(H,59,67)(H,60,68)(H,61,73)(H,62,75)(H,63,65)(H,64,69)(H,76,77)/t31-,32-,33-,35-,36-,37-,38-,42-,43-/m0/s1. The van der Waals surface area contributed by atoms with Gasteiger partial charge in [-0.2, -0.15) is 0 Å². The van der Waals surface area contributed by atoms with Gasteiger partial charge in [-0.05, 0) is 75.2 Å². The van der Waals surface area contributed by atoms with Gasteiger partial charge in [0.05, 0.1) is 19.6 Å². The summed E-state index contributed by atoms with van der Waals surface area (Å²) in [4.78, 5) is 157. The Morgan fingerprint density at radius 1 is 0.403 bits per heavy atom. The number of hydrogen-bond donors (Lipinski definition) is 13. The minimum Gasteiger partial charge on any atom is -0.480 e. The van der Waals surface area contributed by atoms with Crippen LogP contribution >= 0.6 is 0 Å². The van der Waals surface area contributed by atoms with Gasteiger partial charge in [-0.1, -0.05) is 99.6 Å². The molecule has 0 spiro atoms. The Hall–Kier alpha value is -7.18. The van der Waals surface area contributed by atoms with Crippen LogP contribution in [-0.2, 0) is 64.0 Å². The van der Waals surface area contributed by atoms with Crippen LogP contribution in [0, 0.1) is 29.6 Å². The van der Waals surface area contributed by atoms with E-state index in [0.717, 1.165) is 0 Å². The minimum absolute atomic E-state index is 0.0389. The van der Waals surface area contributed by atoms with E-state index in [0.29, 0.717) is 5.56 Å². The van der Waals surface area contributed by atoms with E-state index in [1.54, 1.807) is 85.7 Å². The molecule has 0 saturated heterocycles. The summed E-state index contributed by atoms with van der Waals surface area (Å²) in [6.45, 7) is 20.0. The van der Waals surface area contributed by atoms with Gasteiger partial charge in [0.25, 0.3) is 0 Å². The molecular weight excluding hydrogens is 1000 g/mol. The maximum absolute atomic E-state index is 14.0. The number of hydrogen-bond acceptors (Lipinski definition) is 13. The molecule has 14 N–H and O–H groups in total. The lowest BCUT2D eigenvalue weighted by atomic mass is 9.99. The molecule has 0 aliphatic heterocycles. The van der Waals surface area contributed by atoms with Crippen molar-refractivity contribution < 1.29 is 62.6 Å². The fourth-order valence-corrected chi connectivity index (χ4v) is 7.51. The molecule has 1 aromatic rings. The lowest BCUT2D eigenvalue weighted by Crippen LogP contribution is -2.60. The predicted molar refractivity (Wildman–Crippen MR) is 285 cm³/mol. The molecule has 0 aliphatic rings. The van der Waals surface area contributed by atoms with E-state index in [4.69, 9.17) is 5.73 Å². The Balaban J connectivity index is 3.14. The first-order valence-electron chi connectivity index (χ1n) is 26.1. The van der Waals surface area contributed by atoms with Gasteiger partial charge in [-0.25, -0.2) is 0 Å². The molecule has 0 bridgehead atoms. The molecule has 432 valence electrons. The Bertz CT molecular complexity index is 2190. The van der Waals surface area contributed by atoms with Crippen molar-refractivity contribution in [1.82, 2.24) is 58.5 Å². The summed E-state index contributed by atoms with van der Waals surface area (Å²) in [6.07, 6.45) is 0.367. The average Bonchev–Trinajstić information content (AvgIpc) is 3.33. The summed E-state index contributed by atoms with van der Waals surface area (Å²) in [5.74, 6) is -10.4. The van der Waals surface area contributed by atoms with E-state index in [2.05, 4.69) is 58.5 Å². The normalized spacial score (nSPS) is 14.7. The predicted octanol–water partition coefficient (Wildman–Crippen LogP) is -1.62. The van der Waals surface area contributed by atoms with Crippen LogP contribution in [0.15, 0.2) is 30.3 Å². The van der Waals surface area contributed by atoms with Crippen LogP contribution in [0.5, 0.6) is 0 Å². The smallest absolute Gasteiger partial charge is 0.325 e. The van der Waals surface area contributed by atoms with Gasteiger partial charge >= 0.3 is 5.97 Å². The molecule has 25 nitrogen and oxygen atoms in total. The molecule has 0 fully saturated rings. The van der Waals surface area contributed by atoms with Crippen molar-refractivity contribution in [2.24, 2.45) is 35.3 Å². The number of rotatable bonds is 33. The fourth-order valence-electron chi connectivity index (χ4n) is 7.51. The first-order chi connectivity index (χ1) is 35.9. The van der Waals surface area contributed by atoms with E-state index in [9.17, 15) is 62.6 Å². The number of amides is 11. The fraction of sp³-hybridized carbons (Fsp3) is 0.654. The summed E-state index contributed by atoms with van der Waals surface area (Å²) >= 11 is 0. The lowest BCUT2D eigenvalue weighted by molar-refractivity contribution is -0.142. The van der Waals surface area contributed by atoms with Gasteiger partial charge in [0.15, 0.2) is 0 Å². The highest BCUT2D eigenvalue weighted by molar-refractivity contribution is 5.98. The third-order valence-corrected chi connectivity index (χ3v) is 11.8. The van der Waals surface area contributed by atoms with E-state index >= 15 is 0 Å². The maximum atomic E-state index is 14.0. The molecule has 9 atom stereocenters. The van der Waals surface area contributed by atoms with Crippen molar-refractivity contribution in [3.05, 3.63) is 35.9 Å². The van der Waals surface area contributed by atoms with Gasteiger partial charge < -0.3 is 69.3 Å². The summed E-state index contributed by atoms with van der Waals surface area (Å²) in [5, 5.41) is 37.2. The Labute approximate surface area is 451 Å². The molecule has 0 saturated carbocycles. The monoisotopic (exact) mass is 1090 g/mol. The number of aliphatic carboxylic acids is 1. The molecule has 1 aromatic carbocycles. The molecule has 77 heavy (non-hydrogen) atoms. The van der Waals surface area contributed by atoms with E-state index < -0.39 is 144 Å². The van der Waals surface area contributed by atoms with Crippen molar-refractivity contribution in [3.63, 3.8) is 0 Å². The van der Waals surface area contributed by atoms with Crippen LogP contribution < -0.4 is 64.2 Å². The molecule has 1 rings (SSSR count). The van der Waals surface area contributed by atoms with Crippen LogP contribution in [0.25, 0.3) is 0 Å². The zero-order valence-corrected chi connectivity index (χ0v) is 46.8. The lowest BCUT2D eigenvalue weighted by Gasteiger charge is -2.28. The van der Waals surface area contributed by atoms with Crippen LogP contribution in [-0.4, -0.2) is 150 Å². The Morgan fingerprint density at radius 3 is 1.23 bits per heavy atom. The molecule has 0 aliphatic carbocycles. The van der Waals surface area contributed by atoms with Gasteiger partial charge in [-0.3, -0.25) is 57.5 Å². The van der Waals surface area contributed by atoms with Crippen LogP contribution in [0.4, 0.5) is 0 Å². The number of benzene rings is 1. The average molecular weight is 1090 g/mol. The molecule has 0 heterocycles. The number of carbonyl (C=O) groups is 12. The van der Waals surface area contributed by atoms with Crippen molar-refractivity contribution >= 4 is 70.9 Å². The van der Waals surface area contributed by atoms with Crippen LogP contribution in [0.1, 0.15) is 115 Å². The molecule has 11 amide bonds. The summed E-state index contributed by atoms with van der Waals surface area (Å²) in [6, 6.07) is -1.79. The van der Waals surface area contributed by atoms with Gasteiger partial charge in [0.1, 0.15) is 54.4 Å². The maximum Gasteiger partial charge on any atom is 0.325 e. The summed E-state index contributed by atoms with van der Waals surface area (Å²) in [5.41, 5.74) is 6.03. The number of nitrogens with one attached hydrogen (secondary N) is 11. The molecule has 0 aromatic heterocycles. The van der Waals surface area contributed by atoms with Crippen molar-refractivity contribution in [2.75, 3.05) is 19.6 Å². The highest BCUT2D eigenvalue weighted by Crippen LogP contribution is 2.12. The minimum atomic E-state index is -1.28. The Morgan fingerprint density at radius 2 is 0.779 bits per heavy atom. The quantitative estimate of drug-likeness (QED) is 0.0377. The van der Waals surface area contributed by atoms with Crippen molar-refractivity contribution in [3.8, 4) is 0 Å².